The molecule has 26 heteroatoms. The second-order valence-corrected chi connectivity index (χ2v) is 9.15. The molecule has 4 aliphatic rings. The molecule has 0 unspecified atom stereocenters. The molecule has 0 saturated heterocycles. The Morgan fingerprint density at radius 3 is 0.640 bits per heavy atom. The molecule has 50 heavy (non-hydrogen) atoms. The van der Waals surface area contributed by atoms with Gasteiger partial charge in [-0.05, 0) is 23.0 Å². The van der Waals surface area contributed by atoms with E-state index in [4.69, 9.17) is 61.3 Å². The molecule has 0 amide bonds. The van der Waals surface area contributed by atoms with E-state index < -0.39 is 145 Å². The number of rotatable bonds is 8. The molecule has 0 bridgehead atoms. The van der Waals surface area contributed by atoms with Crippen molar-refractivity contribution in [3.63, 3.8) is 0 Å². The zero-order valence-electron chi connectivity index (χ0n) is 25.1. The van der Waals surface area contributed by atoms with Gasteiger partial charge in [0.25, 0.3) is 0 Å². The molecule has 0 saturated carbocycles. The first-order valence-electron chi connectivity index (χ1n) is 12.7. The van der Waals surface area contributed by atoms with Crippen LogP contribution in [0.15, 0.2) is 46.1 Å². The number of cyclic esters (lactones) is 4. The van der Waals surface area contributed by atoms with Crippen molar-refractivity contribution in [3.8, 4) is 0 Å². The van der Waals surface area contributed by atoms with Gasteiger partial charge in [-0.25, -0.2) is 19.2 Å². The Kier molecular flexibility index (Phi) is 21.0. The molecule has 0 radical (unpaired) electrons. The molecule has 272 valence electrons. The topological polar surface area (TPSA) is 440 Å². The average Bonchev–Trinajstić information content (AvgIpc) is 3.70. The normalized spacial score (nSPS) is 24.8. The van der Waals surface area contributed by atoms with Gasteiger partial charge in [0.15, 0.2) is 23.0 Å². The maximum atomic E-state index is 10.8. The first kappa shape index (κ1) is 48.6. The maximum absolute atomic E-state index is 10.8. The summed E-state index contributed by atoms with van der Waals surface area (Å²) in [6.45, 7) is -2.85. The van der Waals surface area contributed by atoms with Crippen LogP contribution in [0.5, 0.6) is 0 Å². The molecule has 0 aliphatic carbocycles. The zero-order valence-corrected chi connectivity index (χ0v) is 28.0. The van der Waals surface area contributed by atoms with E-state index >= 15 is 0 Å². The van der Waals surface area contributed by atoms with Crippen LogP contribution in [0, 0.1) is 0 Å². The first-order chi connectivity index (χ1) is 22.3. The van der Waals surface area contributed by atoms with Crippen LogP contribution in [-0.4, -0.2) is 207 Å². The van der Waals surface area contributed by atoms with Crippen LogP contribution in [0.3, 0.4) is 0 Å². The largest absolute Gasteiger partial charge is 2.00 e. The molecule has 0 aromatic heterocycles. The van der Waals surface area contributed by atoms with Gasteiger partial charge in [0, 0.05) is 0 Å². The average molecular weight is 749 g/mol. The number of carbonyl (C=O) groups excluding carboxylic acids is 4. The van der Waals surface area contributed by atoms with E-state index in [0.717, 1.165) is 0 Å². The number of esters is 4. The van der Waals surface area contributed by atoms with E-state index in [1.807, 2.05) is 0 Å². The molecule has 0 aromatic rings. The van der Waals surface area contributed by atoms with E-state index in [-0.39, 0.29) is 46.1 Å². The molecular weight excluding hydrogens is 721 g/mol. The van der Waals surface area contributed by atoms with Gasteiger partial charge in [-0.3, -0.25) is 0 Å². The van der Waals surface area contributed by atoms with Crippen LogP contribution in [0.4, 0.5) is 0 Å². The summed E-state index contributed by atoms with van der Waals surface area (Å²) in [4.78, 5) is 42.0. The van der Waals surface area contributed by atoms with Gasteiger partial charge in [0.05, 0.1) is 26.4 Å². The molecule has 0 aromatic carbocycles. The van der Waals surface area contributed by atoms with E-state index in [2.05, 4.69) is 18.9 Å². The van der Waals surface area contributed by atoms with Crippen molar-refractivity contribution in [3.05, 3.63) is 46.1 Å². The van der Waals surface area contributed by atoms with Gasteiger partial charge in [-0.2, -0.15) is 0 Å². The molecule has 8 atom stereocenters. The summed E-state index contributed by atoms with van der Waals surface area (Å²) in [6, 6.07) is 0. The molecule has 4 heterocycles. The number of carbonyl (C=O) groups is 4. The Morgan fingerprint density at radius 1 is 0.420 bits per heavy atom. The minimum atomic E-state index is -1.48. The molecule has 0 fully saturated rings. The van der Waals surface area contributed by atoms with Crippen LogP contribution in [0.2, 0.25) is 0 Å². The summed E-state index contributed by atoms with van der Waals surface area (Å²) in [7, 11) is 0. The smallest absolute Gasteiger partial charge is 0.870 e. The summed E-state index contributed by atoms with van der Waals surface area (Å²) < 4.78 is 17.0. The van der Waals surface area contributed by atoms with Crippen molar-refractivity contribution in [2.75, 3.05) is 26.4 Å². The van der Waals surface area contributed by atoms with Gasteiger partial charge >= 0.3 is 70.0 Å². The Labute approximate surface area is 310 Å². The standard InChI is InChI=1S/4C6H8O6.2Mg/c4*7-1-2(8)5-3(9)4(10)6(11)12-5;;/h4*2,5,7-10H,1H2;;/q;;;;2*+2/p-4/t4*2-,5+;;/m0000../s1. The molecule has 24 nitrogen and oxygen atoms in total. The van der Waals surface area contributed by atoms with E-state index in [9.17, 15) is 39.6 Å². The number of hydrogen-bond donors (Lipinski definition) is 12. The predicted octanol–water partition coefficient (Wildman–Crippen LogP) is -11.2. The molecule has 12 N–H and O–H groups in total. The van der Waals surface area contributed by atoms with E-state index in [0.29, 0.717) is 0 Å². The van der Waals surface area contributed by atoms with Gasteiger partial charge < -0.3 is 101 Å². The fourth-order valence-electron chi connectivity index (χ4n) is 3.24. The van der Waals surface area contributed by atoms with Crippen LogP contribution in [0.1, 0.15) is 0 Å². The predicted molar refractivity (Wildman–Crippen MR) is 142 cm³/mol. The Hall–Kier alpha value is -3.55. The summed E-state index contributed by atoms with van der Waals surface area (Å²) in [5, 5.41) is 147. The van der Waals surface area contributed by atoms with E-state index in [1.54, 1.807) is 0 Å². The van der Waals surface area contributed by atoms with Crippen molar-refractivity contribution < 1.29 is 120 Å². The van der Waals surface area contributed by atoms with Gasteiger partial charge in [0.2, 0.25) is 0 Å². The van der Waals surface area contributed by atoms with Crippen LogP contribution < -0.4 is 20.4 Å². The van der Waals surface area contributed by atoms with Crippen molar-refractivity contribution in [1.29, 1.82) is 0 Å². The van der Waals surface area contributed by atoms with Crippen molar-refractivity contribution in [1.82, 2.24) is 0 Å². The number of aliphatic hydroxyl groups excluding tert-OH is 12. The van der Waals surface area contributed by atoms with E-state index in [1.165, 1.54) is 0 Å². The summed E-state index contributed by atoms with van der Waals surface area (Å²) in [5.74, 6) is -12.8. The summed E-state index contributed by atoms with van der Waals surface area (Å²) in [6.07, 6.45) is -11.8. The van der Waals surface area contributed by atoms with Crippen molar-refractivity contribution in [2.24, 2.45) is 0 Å². The Bertz CT molecular complexity index is 1140. The molecular formula is C24H28Mg2O24. The fourth-order valence-corrected chi connectivity index (χ4v) is 3.24. The fraction of sp³-hybridized carbons (Fsp3) is 0.500. The monoisotopic (exact) mass is 748 g/mol. The van der Waals surface area contributed by atoms with Crippen molar-refractivity contribution >= 4 is 70.0 Å². The number of aliphatic hydroxyl groups is 12. The third-order valence-corrected chi connectivity index (χ3v) is 5.82. The quantitative estimate of drug-likeness (QED) is 0.0622. The van der Waals surface area contributed by atoms with Gasteiger partial charge in [-0.1, -0.05) is 0 Å². The first-order valence-corrected chi connectivity index (χ1v) is 12.7. The van der Waals surface area contributed by atoms with Crippen LogP contribution in [-0.2, 0) is 38.1 Å². The number of hydrogen-bond acceptors (Lipinski definition) is 24. The summed E-state index contributed by atoms with van der Waals surface area (Å²) in [5.41, 5.74) is 0. The third-order valence-electron chi connectivity index (χ3n) is 5.82. The second-order valence-electron chi connectivity index (χ2n) is 9.15. The minimum absolute atomic E-state index is 0. The molecule has 0 spiro atoms. The van der Waals surface area contributed by atoms with Crippen LogP contribution in [0.25, 0.3) is 0 Å². The Morgan fingerprint density at radius 2 is 0.560 bits per heavy atom. The zero-order chi connectivity index (χ0) is 37.2. The maximum Gasteiger partial charge on any atom is 2.00 e. The van der Waals surface area contributed by atoms with Gasteiger partial charge in [-0.15, -0.1) is 0 Å². The molecule has 4 rings (SSSR count). The SMILES string of the molecule is O=C1O[C@H]([C@@H](O)CO)C([O-])=C1O.O=C1O[C@H]([C@@H](O)CO)C([O-])=C1O.O=C1O[C@H]([C@@H](O)CO)C([O-])=C1O.O=C1O[C@H]([C@@H](O)CO)C([O-])=C1O.[Mg+2].[Mg+2]. The minimum Gasteiger partial charge on any atom is -0.870 e. The van der Waals surface area contributed by atoms with Crippen LogP contribution >= 0.6 is 0 Å². The summed E-state index contributed by atoms with van der Waals surface area (Å²) >= 11 is 0. The molecule has 4 aliphatic heterocycles. The second kappa shape index (κ2) is 21.6. The van der Waals surface area contributed by atoms with Gasteiger partial charge in [0.1, 0.15) is 48.8 Å². The third kappa shape index (κ3) is 11.8. The Balaban J connectivity index is 0. The number of ether oxygens (including phenoxy) is 4. The van der Waals surface area contributed by atoms with Crippen molar-refractivity contribution in [2.45, 2.75) is 48.8 Å².